The van der Waals surface area contributed by atoms with Crippen LogP contribution in [0.2, 0.25) is 0 Å². The van der Waals surface area contributed by atoms with Gasteiger partial charge < -0.3 is 10.1 Å². The van der Waals surface area contributed by atoms with Crippen LogP contribution in [0.25, 0.3) is 0 Å². The number of rotatable bonds is 4. The van der Waals surface area contributed by atoms with Gasteiger partial charge in [-0.3, -0.25) is 9.78 Å². The Balaban J connectivity index is 2.05. The van der Waals surface area contributed by atoms with E-state index < -0.39 is 0 Å². The molecule has 5 heteroatoms. The smallest absolute Gasteiger partial charge is 0.274 e. The zero-order valence-corrected chi connectivity index (χ0v) is 9.96. The summed E-state index contributed by atoms with van der Waals surface area (Å²) in [5.74, 6) is 0.376. The molecule has 5 nitrogen and oxygen atoms in total. The van der Waals surface area contributed by atoms with E-state index in [1.54, 1.807) is 36.7 Å². The third-order valence-corrected chi connectivity index (χ3v) is 2.20. The molecule has 0 bridgehead atoms. The van der Waals surface area contributed by atoms with E-state index in [2.05, 4.69) is 15.3 Å². The Labute approximate surface area is 105 Å². The van der Waals surface area contributed by atoms with Crippen LogP contribution in [-0.2, 0) is 0 Å². The molecule has 2 rings (SSSR count). The summed E-state index contributed by atoms with van der Waals surface area (Å²) in [6.07, 6.45) is 4.75. The highest BCUT2D eigenvalue weighted by atomic mass is 16.5. The summed E-state index contributed by atoms with van der Waals surface area (Å²) >= 11 is 0. The lowest BCUT2D eigenvalue weighted by Gasteiger charge is -2.05. The lowest BCUT2D eigenvalue weighted by molar-refractivity contribution is 0.102. The molecule has 1 N–H and O–H groups in total. The molecule has 2 heterocycles. The van der Waals surface area contributed by atoms with Crippen molar-refractivity contribution < 1.29 is 9.53 Å². The molecule has 0 radical (unpaired) electrons. The van der Waals surface area contributed by atoms with Gasteiger partial charge in [-0.05, 0) is 31.2 Å². The first-order chi connectivity index (χ1) is 8.79. The summed E-state index contributed by atoms with van der Waals surface area (Å²) in [6.45, 7) is 2.46. The Hall–Kier alpha value is -2.43. The summed E-state index contributed by atoms with van der Waals surface area (Å²) in [4.78, 5) is 19.8. The van der Waals surface area contributed by atoms with Gasteiger partial charge in [0.1, 0.15) is 11.4 Å². The summed E-state index contributed by atoms with van der Waals surface area (Å²) < 4.78 is 5.25. The van der Waals surface area contributed by atoms with Gasteiger partial charge >= 0.3 is 0 Å². The van der Waals surface area contributed by atoms with Crippen molar-refractivity contribution in [3.8, 4) is 5.75 Å². The Morgan fingerprint density at radius 1 is 1.33 bits per heavy atom. The highest BCUT2D eigenvalue weighted by molar-refractivity contribution is 6.02. The Bertz CT molecular complexity index is 512. The average molecular weight is 243 g/mol. The maximum absolute atomic E-state index is 11.8. The number of nitrogens with zero attached hydrogens (tertiary/aromatic N) is 2. The summed E-state index contributed by atoms with van der Waals surface area (Å²) in [5, 5.41) is 2.70. The maximum Gasteiger partial charge on any atom is 0.274 e. The van der Waals surface area contributed by atoms with Crippen LogP contribution in [-0.4, -0.2) is 22.5 Å². The van der Waals surface area contributed by atoms with E-state index in [9.17, 15) is 4.79 Å². The Kier molecular flexibility index (Phi) is 3.86. The van der Waals surface area contributed by atoms with Crippen molar-refractivity contribution in [2.75, 3.05) is 11.9 Å². The molecule has 0 unspecified atom stereocenters. The third-order valence-electron chi connectivity index (χ3n) is 2.20. The van der Waals surface area contributed by atoms with Crippen LogP contribution >= 0.6 is 0 Å². The van der Waals surface area contributed by atoms with Crippen LogP contribution in [0.15, 0.2) is 42.9 Å². The quantitative estimate of drug-likeness (QED) is 0.893. The Morgan fingerprint density at radius 2 is 2.22 bits per heavy atom. The minimum absolute atomic E-state index is 0.272. The molecule has 0 spiro atoms. The van der Waals surface area contributed by atoms with Gasteiger partial charge in [-0.25, -0.2) is 4.98 Å². The van der Waals surface area contributed by atoms with Crippen molar-refractivity contribution in [3.63, 3.8) is 0 Å². The number of hydrogen-bond donors (Lipinski definition) is 1. The first-order valence-electron chi connectivity index (χ1n) is 5.60. The van der Waals surface area contributed by atoms with Crippen molar-refractivity contribution in [3.05, 3.63) is 48.5 Å². The molecule has 0 atom stereocenters. The molecule has 0 aliphatic heterocycles. The number of hydrogen-bond acceptors (Lipinski definition) is 4. The largest absolute Gasteiger partial charge is 0.492 e. The minimum atomic E-state index is -0.272. The van der Waals surface area contributed by atoms with Crippen LogP contribution in [0.4, 0.5) is 5.69 Å². The van der Waals surface area contributed by atoms with E-state index in [4.69, 9.17) is 4.74 Å². The van der Waals surface area contributed by atoms with Gasteiger partial charge in [-0.15, -0.1) is 0 Å². The molecule has 0 fully saturated rings. The van der Waals surface area contributed by atoms with Crippen LogP contribution in [0.1, 0.15) is 17.4 Å². The monoisotopic (exact) mass is 243 g/mol. The number of carbonyl (C=O) groups is 1. The SMILES string of the molecule is CCOc1ccc(C(=O)Nc2cccnc2)nc1. The molecule has 2 aromatic rings. The molecule has 2 aromatic heterocycles. The standard InChI is InChI=1S/C13H13N3O2/c1-2-18-11-5-6-12(15-9-11)13(17)16-10-4-3-7-14-8-10/h3-9H,2H2,1H3,(H,16,17). The van der Waals surface area contributed by atoms with E-state index in [-0.39, 0.29) is 5.91 Å². The second kappa shape index (κ2) is 5.77. The van der Waals surface area contributed by atoms with E-state index in [1.807, 2.05) is 6.92 Å². The minimum Gasteiger partial charge on any atom is -0.492 e. The molecular formula is C13H13N3O2. The average Bonchev–Trinajstić information content (AvgIpc) is 2.41. The zero-order chi connectivity index (χ0) is 12.8. The molecule has 0 saturated carbocycles. The van der Waals surface area contributed by atoms with Gasteiger partial charge in [0.25, 0.3) is 5.91 Å². The van der Waals surface area contributed by atoms with Crippen molar-refractivity contribution in [1.29, 1.82) is 0 Å². The number of ether oxygens (including phenoxy) is 1. The van der Waals surface area contributed by atoms with Crippen molar-refractivity contribution in [2.45, 2.75) is 6.92 Å². The number of pyridine rings is 2. The number of aromatic nitrogens is 2. The zero-order valence-electron chi connectivity index (χ0n) is 9.96. The second-order valence-corrected chi connectivity index (χ2v) is 3.51. The molecule has 0 aromatic carbocycles. The summed E-state index contributed by atoms with van der Waals surface area (Å²) in [7, 11) is 0. The van der Waals surface area contributed by atoms with Gasteiger partial charge in [-0.1, -0.05) is 0 Å². The molecule has 0 saturated heterocycles. The van der Waals surface area contributed by atoms with Crippen molar-refractivity contribution in [2.24, 2.45) is 0 Å². The molecule has 1 amide bonds. The highest BCUT2D eigenvalue weighted by Gasteiger charge is 2.07. The molecule has 0 aliphatic rings. The van der Waals surface area contributed by atoms with Crippen LogP contribution in [0.3, 0.4) is 0 Å². The first-order valence-corrected chi connectivity index (χ1v) is 5.60. The third kappa shape index (κ3) is 3.04. The van der Waals surface area contributed by atoms with Crippen molar-refractivity contribution in [1.82, 2.24) is 9.97 Å². The van der Waals surface area contributed by atoms with E-state index in [0.717, 1.165) is 0 Å². The Morgan fingerprint density at radius 3 is 2.83 bits per heavy atom. The second-order valence-electron chi connectivity index (χ2n) is 3.51. The fraction of sp³-hybridized carbons (Fsp3) is 0.154. The highest BCUT2D eigenvalue weighted by Crippen LogP contribution is 2.10. The fourth-order valence-corrected chi connectivity index (χ4v) is 1.40. The van der Waals surface area contributed by atoms with Crippen LogP contribution in [0, 0.1) is 0 Å². The van der Waals surface area contributed by atoms with Crippen LogP contribution < -0.4 is 10.1 Å². The molecular weight excluding hydrogens is 230 g/mol. The lowest BCUT2D eigenvalue weighted by atomic mass is 10.3. The topological polar surface area (TPSA) is 64.1 Å². The van der Waals surface area contributed by atoms with E-state index in [0.29, 0.717) is 23.7 Å². The van der Waals surface area contributed by atoms with Gasteiger partial charge in [0, 0.05) is 6.20 Å². The van der Waals surface area contributed by atoms with E-state index >= 15 is 0 Å². The molecule has 0 aliphatic carbocycles. The number of anilines is 1. The summed E-state index contributed by atoms with van der Waals surface area (Å²) in [6, 6.07) is 6.85. The van der Waals surface area contributed by atoms with Gasteiger partial charge in [0.2, 0.25) is 0 Å². The van der Waals surface area contributed by atoms with Crippen LogP contribution in [0.5, 0.6) is 5.75 Å². The molecule has 92 valence electrons. The van der Waals surface area contributed by atoms with Gasteiger partial charge in [-0.2, -0.15) is 0 Å². The molecule has 18 heavy (non-hydrogen) atoms. The van der Waals surface area contributed by atoms with Gasteiger partial charge in [0.05, 0.1) is 24.7 Å². The number of amides is 1. The normalized spacial score (nSPS) is 9.83. The first kappa shape index (κ1) is 12.0. The summed E-state index contributed by atoms with van der Waals surface area (Å²) in [5.41, 5.74) is 0.973. The van der Waals surface area contributed by atoms with Crippen molar-refractivity contribution >= 4 is 11.6 Å². The van der Waals surface area contributed by atoms with Gasteiger partial charge in [0.15, 0.2) is 0 Å². The number of nitrogens with one attached hydrogen (secondary N) is 1. The predicted octanol–water partition coefficient (Wildman–Crippen LogP) is 2.13. The van der Waals surface area contributed by atoms with E-state index in [1.165, 1.54) is 6.20 Å². The maximum atomic E-state index is 11.8. The number of carbonyl (C=O) groups excluding carboxylic acids is 1. The fourth-order valence-electron chi connectivity index (χ4n) is 1.40. The lowest BCUT2D eigenvalue weighted by Crippen LogP contribution is -2.13. The predicted molar refractivity (Wildman–Crippen MR) is 67.6 cm³/mol.